The second kappa shape index (κ2) is 8.01. The number of ketones is 1. The zero-order chi connectivity index (χ0) is 19.2. The molecule has 3 rings (SSSR count). The molecule has 1 N–H and O–H groups in total. The summed E-state index contributed by atoms with van der Waals surface area (Å²) in [6, 6.07) is 14.3. The van der Waals surface area contributed by atoms with Crippen LogP contribution in [0.4, 0.5) is 0 Å². The van der Waals surface area contributed by atoms with E-state index in [2.05, 4.69) is 4.98 Å². The number of aromatic carboxylic acids is 1. The second-order valence-corrected chi connectivity index (χ2v) is 5.60. The Kier molecular flexibility index (Phi) is 5.32. The van der Waals surface area contributed by atoms with Gasteiger partial charge in [-0.05, 0) is 18.2 Å². The molecular formula is C20H15N2O5+. The largest absolute Gasteiger partial charge is 0.478 e. The van der Waals surface area contributed by atoms with E-state index in [4.69, 9.17) is 9.84 Å². The lowest BCUT2D eigenvalue weighted by Gasteiger charge is -2.05. The molecule has 7 heteroatoms. The van der Waals surface area contributed by atoms with Gasteiger partial charge in [0.05, 0.1) is 11.8 Å². The highest BCUT2D eigenvalue weighted by Crippen LogP contribution is 2.14. The monoisotopic (exact) mass is 363 g/mol. The number of carbonyl (C=O) groups is 3. The van der Waals surface area contributed by atoms with Gasteiger partial charge in [-0.2, -0.15) is 4.57 Å². The number of hydrogen-bond donors (Lipinski definition) is 1. The van der Waals surface area contributed by atoms with Crippen molar-refractivity contribution >= 4 is 17.7 Å². The topological polar surface area (TPSA) is 97.4 Å². The molecule has 0 fully saturated rings. The first kappa shape index (κ1) is 17.9. The first-order chi connectivity index (χ1) is 13.0. The maximum absolute atomic E-state index is 12.5. The average molecular weight is 363 g/mol. The Morgan fingerprint density at radius 2 is 1.74 bits per heavy atom. The highest BCUT2D eigenvalue weighted by Gasteiger charge is 2.24. The first-order valence-electron chi connectivity index (χ1n) is 8.02. The van der Waals surface area contributed by atoms with Crippen LogP contribution in [0, 0.1) is 0 Å². The van der Waals surface area contributed by atoms with Crippen LogP contribution in [-0.4, -0.2) is 27.8 Å². The summed E-state index contributed by atoms with van der Waals surface area (Å²) in [7, 11) is 0. The molecule has 0 atom stereocenters. The summed E-state index contributed by atoms with van der Waals surface area (Å²) in [6.45, 7) is -0.0634. The zero-order valence-electron chi connectivity index (χ0n) is 14.1. The number of carboxylic acid groups (broad SMARTS) is 1. The van der Waals surface area contributed by atoms with Crippen molar-refractivity contribution in [2.45, 2.75) is 6.54 Å². The van der Waals surface area contributed by atoms with E-state index in [1.54, 1.807) is 24.3 Å². The molecule has 134 valence electrons. The van der Waals surface area contributed by atoms with Gasteiger partial charge in [-0.15, -0.1) is 0 Å². The molecule has 1 aromatic heterocycles. The molecule has 3 aromatic rings. The van der Waals surface area contributed by atoms with Gasteiger partial charge in [-0.25, -0.2) is 9.59 Å². The van der Waals surface area contributed by atoms with E-state index in [1.165, 1.54) is 47.4 Å². The normalized spacial score (nSPS) is 10.2. The van der Waals surface area contributed by atoms with Crippen LogP contribution in [-0.2, 0) is 6.54 Å². The number of carbonyl (C=O) groups excluding carboxylic acids is 2. The summed E-state index contributed by atoms with van der Waals surface area (Å²) in [5.41, 5.74) is 0.594. The Hall–Kier alpha value is -3.87. The molecule has 0 aliphatic heterocycles. The van der Waals surface area contributed by atoms with Gasteiger partial charge < -0.3 is 9.84 Å². The quantitative estimate of drug-likeness (QED) is 0.312. The Labute approximate surface area is 154 Å². The smallest absolute Gasteiger partial charge is 0.410 e. The van der Waals surface area contributed by atoms with E-state index >= 15 is 0 Å². The van der Waals surface area contributed by atoms with Crippen molar-refractivity contribution in [3.05, 3.63) is 90.0 Å². The van der Waals surface area contributed by atoms with Gasteiger partial charge in [-0.1, -0.05) is 36.4 Å². The van der Waals surface area contributed by atoms with Crippen molar-refractivity contribution in [2.75, 3.05) is 0 Å². The standard InChI is InChI=1S/C20H14N2O5/c23-18(14-5-2-1-3-6-14)13-22-10-9-21-12-17(22)20(26)27-16-8-4-7-15(11-16)19(24)25/h1-12H,13H2/p+1. The summed E-state index contributed by atoms with van der Waals surface area (Å²) in [4.78, 5) is 39.8. The van der Waals surface area contributed by atoms with E-state index < -0.39 is 11.9 Å². The number of carboxylic acids is 1. The number of Topliss-reactive ketones (excluding diaryl/α,β-unsaturated/α-hetero) is 1. The van der Waals surface area contributed by atoms with Crippen LogP contribution in [0.1, 0.15) is 31.2 Å². The predicted octanol–water partition coefficient (Wildman–Crippen LogP) is 2.17. The van der Waals surface area contributed by atoms with E-state index in [9.17, 15) is 14.4 Å². The summed E-state index contributed by atoms with van der Waals surface area (Å²) in [5, 5.41) is 9.02. The summed E-state index contributed by atoms with van der Waals surface area (Å²) in [5.74, 6) is -1.96. The minimum atomic E-state index is -1.13. The van der Waals surface area contributed by atoms with E-state index in [-0.39, 0.29) is 29.3 Å². The molecule has 0 amide bonds. The van der Waals surface area contributed by atoms with Gasteiger partial charge in [0.25, 0.3) is 0 Å². The third-order valence-electron chi connectivity index (χ3n) is 3.75. The number of ether oxygens (including phenoxy) is 1. The van der Waals surface area contributed by atoms with E-state index in [1.807, 2.05) is 6.07 Å². The van der Waals surface area contributed by atoms with E-state index in [0.717, 1.165) is 0 Å². The van der Waals surface area contributed by atoms with Crippen molar-refractivity contribution in [3.8, 4) is 5.75 Å². The van der Waals surface area contributed by atoms with Crippen LogP contribution in [0.2, 0.25) is 0 Å². The Morgan fingerprint density at radius 1 is 1.00 bits per heavy atom. The SMILES string of the molecule is O=C(O)c1cccc(OC(=O)c2cncc[n+]2CC(=O)c2ccccc2)c1. The van der Waals surface area contributed by atoms with Crippen LogP contribution in [0.15, 0.2) is 73.2 Å². The highest BCUT2D eigenvalue weighted by atomic mass is 16.5. The fourth-order valence-corrected chi connectivity index (χ4v) is 2.42. The van der Waals surface area contributed by atoms with Crippen LogP contribution in [0.5, 0.6) is 5.75 Å². The van der Waals surface area contributed by atoms with Gasteiger partial charge in [-0.3, -0.25) is 9.78 Å². The van der Waals surface area contributed by atoms with Crippen molar-refractivity contribution in [2.24, 2.45) is 0 Å². The minimum absolute atomic E-state index is 0.00128. The molecule has 0 radical (unpaired) electrons. The van der Waals surface area contributed by atoms with Crippen molar-refractivity contribution in [3.63, 3.8) is 0 Å². The van der Waals surface area contributed by atoms with Gasteiger partial charge in [0.15, 0.2) is 6.20 Å². The van der Waals surface area contributed by atoms with Gasteiger partial charge >= 0.3 is 17.6 Å². The maximum Gasteiger partial charge on any atom is 0.410 e. The first-order valence-corrected chi connectivity index (χ1v) is 8.02. The zero-order valence-corrected chi connectivity index (χ0v) is 14.1. The number of esters is 1. The molecule has 0 spiro atoms. The Bertz CT molecular complexity index is 1000. The van der Waals surface area contributed by atoms with Crippen molar-refractivity contribution in [1.82, 2.24) is 4.98 Å². The van der Waals surface area contributed by atoms with Gasteiger partial charge in [0, 0.05) is 5.56 Å². The molecule has 2 aromatic carbocycles. The maximum atomic E-state index is 12.5. The van der Waals surface area contributed by atoms with Gasteiger partial charge in [0.2, 0.25) is 12.3 Å². The summed E-state index contributed by atoms with van der Waals surface area (Å²) < 4.78 is 6.68. The van der Waals surface area contributed by atoms with Crippen LogP contribution >= 0.6 is 0 Å². The third kappa shape index (κ3) is 4.40. The number of aromatic nitrogens is 2. The van der Waals surface area contributed by atoms with E-state index in [0.29, 0.717) is 5.56 Å². The molecule has 0 bridgehead atoms. The fourth-order valence-electron chi connectivity index (χ4n) is 2.42. The minimum Gasteiger partial charge on any atom is -0.478 e. The van der Waals surface area contributed by atoms with Crippen molar-refractivity contribution < 1.29 is 28.8 Å². The predicted molar refractivity (Wildman–Crippen MR) is 93.6 cm³/mol. The third-order valence-corrected chi connectivity index (χ3v) is 3.75. The molecule has 0 saturated heterocycles. The molecule has 7 nitrogen and oxygen atoms in total. The molecule has 0 unspecified atom stereocenters. The molecule has 0 saturated carbocycles. The van der Waals surface area contributed by atoms with Gasteiger partial charge in [0.1, 0.15) is 11.9 Å². The van der Waals surface area contributed by atoms with Crippen LogP contribution < -0.4 is 9.30 Å². The molecule has 0 aliphatic rings. The second-order valence-electron chi connectivity index (χ2n) is 5.60. The average Bonchev–Trinajstić information content (AvgIpc) is 2.69. The highest BCUT2D eigenvalue weighted by molar-refractivity contribution is 5.95. The molecule has 1 heterocycles. The molecular weight excluding hydrogens is 348 g/mol. The number of benzene rings is 2. The lowest BCUT2D eigenvalue weighted by Crippen LogP contribution is -2.44. The fraction of sp³-hybridized carbons (Fsp3) is 0.0500. The Morgan fingerprint density at radius 3 is 2.48 bits per heavy atom. The lowest BCUT2D eigenvalue weighted by atomic mass is 10.1. The van der Waals surface area contributed by atoms with Crippen molar-refractivity contribution in [1.29, 1.82) is 0 Å². The lowest BCUT2D eigenvalue weighted by molar-refractivity contribution is -0.686. The van der Waals surface area contributed by atoms with Crippen LogP contribution in [0.3, 0.4) is 0 Å². The molecule has 27 heavy (non-hydrogen) atoms. The Balaban J connectivity index is 1.81. The number of rotatable bonds is 6. The van der Waals surface area contributed by atoms with Crippen LogP contribution in [0.25, 0.3) is 0 Å². The summed E-state index contributed by atoms with van der Waals surface area (Å²) in [6.07, 6.45) is 4.26. The molecule has 0 aliphatic carbocycles. The number of hydrogen-bond acceptors (Lipinski definition) is 5. The summed E-state index contributed by atoms with van der Waals surface area (Å²) >= 11 is 0. The number of nitrogens with zero attached hydrogens (tertiary/aromatic N) is 2.